The molecule has 0 atom stereocenters. The van der Waals surface area contributed by atoms with Crippen LogP contribution in [-0.2, 0) is 4.74 Å². The number of alkyl halides is 3. The third kappa shape index (κ3) is 2.64. The number of nitrogens with zero attached hydrogens (tertiary/aromatic N) is 1. The van der Waals surface area contributed by atoms with Crippen LogP contribution in [0.2, 0.25) is 0 Å². The lowest BCUT2D eigenvalue weighted by molar-refractivity contribution is -0.0884. The standard InChI is InChI=1S/C12H12F3NO2/c13-12(14,15)11(17)9-3-1-2-4-10(9)16-5-7-18-8-6-16/h1-4H,5-8H2. The molecule has 1 aliphatic rings. The van der Waals surface area contributed by atoms with Gasteiger partial charge in [0.15, 0.2) is 0 Å². The van der Waals surface area contributed by atoms with Crippen molar-refractivity contribution < 1.29 is 22.7 Å². The van der Waals surface area contributed by atoms with E-state index in [1.165, 1.54) is 18.2 Å². The average Bonchev–Trinajstić information content (AvgIpc) is 2.38. The Morgan fingerprint density at radius 3 is 2.39 bits per heavy atom. The van der Waals surface area contributed by atoms with E-state index in [-0.39, 0.29) is 5.56 Å². The first-order valence-corrected chi connectivity index (χ1v) is 5.53. The fourth-order valence-corrected chi connectivity index (χ4v) is 1.90. The van der Waals surface area contributed by atoms with E-state index in [1.807, 2.05) is 0 Å². The number of carbonyl (C=O) groups is 1. The van der Waals surface area contributed by atoms with Crippen LogP contribution in [0.15, 0.2) is 24.3 Å². The molecule has 98 valence electrons. The zero-order chi connectivity index (χ0) is 13.2. The van der Waals surface area contributed by atoms with Gasteiger partial charge in [-0.25, -0.2) is 0 Å². The highest BCUT2D eigenvalue weighted by atomic mass is 19.4. The maximum Gasteiger partial charge on any atom is 0.454 e. The summed E-state index contributed by atoms with van der Waals surface area (Å²) in [7, 11) is 0. The predicted molar refractivity (Wildman–Crippen MR) is 59.9 cm³/mol. The fraction of sp³-hybridized carbons (Fsp3) is 0.417. The molecule has 18 heavy (non-hydrogen) atoms. The Morgan fingerprint density at radius 1 is 1.17 bits per heavy atom. The van der Waals surface area contributed by atoms with Crippen molar-refractivity contribution in [1.82, 2.24) is 0 Å². The number of ether oxygens (including phenoxy) is 1. The Hall–Kier alpha value is -1.56. The summed E-state index contributed by atoms with van der Waals surface area (Å²) in [6.07, 6.45) is -4.84. The van der Waals surface area contributed by atoms with Crippen molar-refractivity contribution in [3.05, 3.63) is 29.8 Å². The quantitative estimate of drug-likeness (QED) is 0.763. The number of benzene rings is 1. The van der Waals surface area contributed by atoms with Gasteiger partial charge in [0, 0.05) is 18.8 Å². The third-order valence-corrected chi connectivity index (χ3v) is 2.76. The molecule has 1 saturated heterocycles. The molecule has 0 bridgehead atoms. The van der Waals surface area contributed by atoms with E-state index in [2.05, 4.69) is 0 Å². The van der Waals surface area contributed by atoms with Crippen LogP contribution in [0.25, 0.3) is 0 Å². The van der Waals surface area contributed by atoms with Gasteiger partial charge in [0.1, 0.15) is 0 Å². The van der Waals surface area contributed by atoms with Crippen LogP contribution in [-0.4, -0.2) is 38.3 Å². The Morgan fingerprint density at radius 2 is 1.78 bits per heavy atom. The second-order valence-electron chi connectivity index (χ2n) is 3.94. The van der Waals surface area contributed by atoms with Crippen molar-refractivity contribution in [1.29, 1.82) is 0 Å². The van der Waals surface area contributed by atoms with E-state index < -0.39 is 12.0 Å². The number of carbonyl (C=O) groups excluding carboxylic acids is 1. The van der Waals surface area contributed by atoms with Crippen molar-refractivity contribution in [2.45, 2.75) is 6.18 Å². The number of rotatable bonds is 2. The average molecular weight is 259 g/mol. The zero-order valence-electron chi connectivity index (χ0n) is 9.54. The van der Waals surface area contributed by atoms with Crippen LogP contribution in [0.1, 0.15) is 10.4 Å². The van der Waals surface area contributed by atoms with E-state index >= 15 is 0 Å². The van der Waals surface area contributed by atoms with Crippen LogP contribution in [0.4, 0.5) is 18.9 Å². The van der Waals surface area contributed by atoms with Gasteiger partial charge in [0.2, 0.25) is 0 Å². The van der Waals surface area contributed by atoms with Gasteiger partial charge in [-0.15, -0.1) is 0 Å². The van der Waals surface area contributed by atoms with Gasteiger partial charge in [-0.05, 0) is 12.1 Å². The maximum atomic E-state index is 12.5. The number of ketones is 1. The van der Waals surface area contributed by atoms with E-state index in [0.29, 0.717) is 32.0 Å². The number of hydrogen-bond donors (Lipinski definition) is 0. The van der Waals surface area contributed by atoms with Crippen molar-refractivity contribution in [2.24, 2.45) is 0 Å². The molecule has 3 nitrogen and oxygen atoms in total. The molecule has 0 N–H and O–H groups in total. The molecule has 1 aliphatic heterocycles. The Labute approximate surface area is 102 Å². The highest BCUT2D eigenvalue weighted by molar-refractivity contribution is 6.04. The summed E-state index contributed by atoms with van der Waals surface area (Å²) in [6.45, 7) is 1.88. The van der Waals surface area contributed by atoms with Gasteiger partial charge >= 0.3 is 6.18 Å². The van der Waals surface area contributed by atoms with Crippen LogP contribution in [0.3, 0.4) is 0 Å². The summed E-state index contributed by atoms with van der Waals surface area (Å²) >= 11 is 0. The van der Waals surface area contributed by atoms with Crippen molar-refractivity contribution in [2.75, 3.05) is 31.2 Å². The molecule has 0 spiro atoms. The van der Waals surface area contributed by atoms with Gasteiger partial charge in [-0.3, -0.25) is 4.79 Å². The molecular formula is C12H12F3NO2. The summed E-state index contributed by atoms with van der Waals surface area (Å²) < 4.78 is 42.6. The summed E-state index contributed by atoms with van der Waals surface area (Å²) in [6, 6.07) is 5.80. The predicted octanol–water partition coefficient (Wildman–Crippen LogP) is 2.27. The largest absolute Gasteiger partial charge is 0.454 e. The number of anilines is 1. The lowest BCUT2D eigenvalue weighted by Gasteiger charge is -2.30. The lowest BCUT2D eigenvalue weighted by atomic mass is 10.1. The highest BCUT2D eigenvalue weighted by Crippen LogP contribution is 2.28. The topological polar surface area (TPSA) is 29.5 Å². The van der Waals surface area contributed by atoms with Crippen molar-refractivity contribution in [3.63, 3.8) is 0 Å². The zero-order valence-corrected chi connectivity index (χ0v) is 9.54. The lowest BCUT2D eigenvalue weighted by Crippen LogP contribution is -2.37. The number of halogens is 3. The van der Waals surface area contributed by atoms with Gasteiger partial charge < -0.3 is 9.64 Å². The molecule has 1 heterocycles. The monoisotopic (exact) mass is 259 g/mol. The molecule has 0 radical (unpaired) electrons. The van der Waals surface area contributed by atoms with Crippen LogP contribution >= 0.6 is 0 Å². The molecule has 1 aromatic rings. The van der Waals surface area contributed by atoms with Crippen molar-refractivity contribution in [3.8, 4) is 0 Å². The first kappa shape index (κ1) is 12.9. The fourth-order valence-electron chi connectivity index (χ4n) is 1.90. The molecular weight excluding hydrogens is 247 g/mol. The second-order valence-corrected chi connectivity index (χ2v) is 3.94. The first-order valence-electron chi connectivity index (χ1n) is 5.53. The minimum Gasteiger partial charge on any atom is -0.378 e. The number of para-hydroxylation sites is 1. The molecule has 0 aliphatic carbocycles. The van der Waals surface area contributed by atoms with Gasteiger partial charge in [-0.1, -0.05) is 12.1 Å². The summed E-state index contributed by atoms with van der Waals surface area (Å²) in [4.78, 5) is 13.1. The smallest absolute Gasteiger partial charge is 0.378 e. The summed E-state index contributed by atoms with van der Waals surface area (Å²) in [5.41, 5.74) is 0.0232. The molecule has 1 fully saturated rings. The van der Waals surface area contributed by atoms with E-state index in [9.17, 15) is 18.0 Å². The SMILES string of the molecule is O=C(c1ccccc1N1CCOCC1)C(F)(F)F. The van der Waals surface area contributed by atoms with E-state index in [0.717, 1.165) is 0 Å². The Bertz CT molecular complexity index is 439. The highest BCUT2D eigenvalue weighted by Gasteiger charge is 2.40. The number of Topliss-reactive ketones (excluding diaryl/α,β-unsaturated/α-hetero) is 1. The van der Waals surface area contributed by atoms with Gasteiger partial charge in [-0.2, -0.15) is 13.2 Å². The molecule has 0 amide bonds. The molecule has 0 unspecified atom stereocenters. The molecule has 2 rings (SSSR count). The van der Waals surface area contributed by atoms with Gasteiger partial charge in [0.05, 0.1) is 18.8 Å². The summed E-state index contributed by atoms with van der Waals surface area (Å²) in [5.74, 6) is -1.80. The van der Waals surface area contributed by atoms with Crippen LogP contribution in [0, 0.1) is 0 Å². The number of hydrogen-bond acceptors (Lipinski definition) is 3. The maximum absolute atomic E-state index is 12.5. The third-order valence-electron chi connectivity index (χ3n) is 2.76. The number of morpholine rings is 1. The van der Waals surface area contributed by atoms with Crippen molar-refractivity contribution >= 4 is 11.5 Å². The minimum absolute atomic E-state index is 0.299. The van der Waals surface area contributed by atoms with Crippen LogP contribution in [0.5, 0.6) is 0 Å². The second kappa shape index (κ2) is 4.97. The van der Waals surface area contributed by atoms with Gasteiger partial charge in [0.25, 0.3) is 5.78 Å². The molecule has 1 aromatic carbocycles. The Kier molecular flexibility index (Phi) is 3.56. The first-order chi connectivity index (χ1) is 8.50. The normalized spacial score (nSPS) is 16.7. The molecule has 6 heteroatoms. The summed E-state index contributed by atoms with van der Waals surface area (Å²) in [5, 5.41) is 0. The van der Waals surface area contributed by atoms with Crippen LogP contribution < -0.4 is 4.90 Å². The molecule has 0 aromatic heterocycles. The minimum atomic E-state index is -4.84. The van der Waals surface area contributed by atoms with E-state index in [1.54, 1.807) is 11.0 Å². The Balaban J connectivity index is 2.33. The molecule has 0 saturated carbocycles. The van der Waals surface area contributed by atoms with E-state index in [4.69, 9.17) is 4.74 Å².